The molecule has 0 N–H and O–H groups in total. The van der Waals surface area contributed by atoms with Gasteiger partial charge in [0.2, 0.25) is 6.54 Å². The molecule has 2 heterocycles. The Morgan fingerprint density at radius 3 is 2.76 bits per heavy atom. The molecule has 0 bridgehead atoms. The van der Waals surface area contributed by atoms with Crippen molar-refractivity contribution in [1.82, 2.24) is 0 Å². The summed E-state index contributed by atoms with van der Waals surface area (Å²) >= 11 is 0. The van der Waals surface area contributed by atoms with Crippen molar-refractivity contribution in [3.8, 4) is 5.95 Å². The van der Waals surface area contributed by atoms with Crippen LogP contribution in [0.5, 0.6) is 5.95 Å². The Morgan fingerprint density at radius 1 is 1.41 bits per heavy atom. The standard InChI is InChI=1S/C11H11NO5/c1-15-11-5-4-10(17-11)8(7-12(13)14)9-3-2-6-16-9/h2-6,8H,7H2,1H3/t8-/m1/s1. The molecule has 0 aliphatic carbocycles. The molecule has 0 spiro atoms. The quantitative estimate of drug-likeness (QED) is 0.588. The summed E-state index contributed by atoms with van der Waals surface area (Å²) in [6, 6.07) is 6.63. The van der Waals surface area contributed by atoms with E-state index in [4.69, 9.17) is 13.6 Å². The number of hydrogen-bond acceptors (Lipinski definition) is 5. The molecule has 6 heteroatoms. The normalized spacial score (nSPS) is 12.3. The van der Waals surface area contributed by atoms with Gasteiger partial charge in [-0.15, -0.1) is 0 Å². The number of ether oxygens (including phenoxy) is 1. The van der Waals surface area contributed by atoms with Crippen LogP contribution in [0, 0.1) is 10.1 Å². The minimum absolute atomic E-state index is 0.288. The molecule has 6 nitrogen and oxygen atoms in total. The van der Waals surface area contributed by atoms with E-state index in [9.17, 15) is 10.1 Å². The number of rotatable bonds is 5. The smallest absolute Gasteiger partial charge is 0.284 e. The fourth-order valence-corrected chi connectivity index (χ4v) is 1.59. The lowest BCUT2D eigenvalue weighted by atomic mass is 10.0. The Kier molecular flexibility index (Phi) is 3.13. The highest BCUT2D eigenvalue weighted by atomic mass is 16.6. The van der Waals surface area contributed by atoms with Gasteiger partial charge in [0.25, 0.3) is 5.95 Å². The van der Waals surface area contributed by atoms with Crippen LogP contribution in [0.25, 0.3) is 0 Å². The molecule has 0 saturated heterocycles. The summed E-state index contributed by atoms with van der Waals surface area (Å²) in [4.78, 5) is 10.2. The van der Waals surface area contributed by atoms with Gasteiger partial charge in [0, 0.05) is 11.0 Å². The zero-order valence-electron chi connectivity index (χ0n) is 9.16. The zero-order valence-corrected chi connectivity index (χ0v) is 9.16. The number of methoxy groups -OCH3 is 1. The van der Waals surface area contributed by atoms with Gasteiger partial charge in [0.1, 0.15) is 17.4 Å². The van der Waals surface area contributed by atoms with Crippen LogP contribution in [-0.2, 0) is 0 Å². The van der Waals surface area contributed by atoms with E-state index in [-0.39, 0.29) is 6.54 Å². The fraction of sp³-hybridized carbons (Fsp3) is 0.273. The largest absolute Gasteiger partial charge is 0.468 e. The van der Waals surface area contributed by atoms with Crippen LogP contribution < -0.4 is 4.74 Å². The summed E-state index contributed by atoms with van der Waals surface area (Å²) < 4.78 is 15.4. The second kappa shape index (κ2) is 4.73. The van der Waals surface area contributed by atoms with Gasteiger partial charge in [-0.1, -0.05) is 0 Å². The molecule has 0 unspecified atom stereocenters. The van der Waals surface area contributed by atoms with E-state index in [0.717, 1.165) is 0 Å². The summed E-state index contributed by atoms with van der Waals surface area (Å²) in [7, 11) is 1.47. The second-order valence-corrected chi connectivity index (χ2v) is 3.44. The van der Waals surface area contributed by atoms with Gasteiger partial charge in [-0.05, 0) is 18.2 Å². The molecule has 0 aliphatic rings. The maximum absolute atomic E-state index is 10.6. The molecular weight excluding hydrogens is 226 g/mol. The molecule has 17 heavy (non-hydrogen) atoms. The molecule has 2 rings (SSSR count). The van der Waals surface area contributed by atoms with Crippen molar-refractivity contribution in [2.24, 2.45) is 0 Å². The Labute approximate surface area is 96.9 Å². The summed E-state index contributed by atoms with van der Waals surface area (Å²) in [5.74, 6) is 0.732. The molecule has 0 amide bonds. The first kappa shape index (κ1) is 11.3. The zero-order chi connectivity index (χ0) is 12.3. The number of furan rings is 2. The van der Waals surface area contributed by atoms with Crippen molar-refractivity contribution in [3.63, 3.8) is 0 Å². The maximum atomic E-state index is 10.6. The Bertz CT molecular complexity index is 488. The predicted molar refractivity (Wildman–Crippen MR) is 57.7 cm³/mol. The first-order chi connectivity index (χ1) is 8.20. The third-order valence-electron chi connectivity index (χ3n) is 2.37. The molecule has 0 aromatic carbocycles. The highest BCUT2D eigenvalue weighted by Gasteiger charge is 2.26. The minimum Gasteiger partial charge on any atom is -0.468 e. The Morgan fingerprint density at radius 2 is 2.24 bits per heavy atom. The topological polar surface area (TPSA) is 78.7 Å². The monoisotopic (exact) mass is 237 g/mol. The molecule has 2 aromatic rings. The van der Waals surface area contributed by atoms with E-state index in [1.165, 1.54) is 13.4 Å². The van der Waals surface area contributed by atoms with Gasteiger partial charge in [0.15, 0.2) is 0 Å². The van der Waals surface area contributed by atoms with Crippen molar-refractivity contribution in [1.29, 1.82) is 0 Å². The van der Waals surface area contributed by atoms with E-state index < -0.39 is 10.8 Å². The number of nitrogens with zero attached hydrogens (tertiary/aromatic N) is 1. The fourth-order valence-electron chi connectivity index (χ4n) is 1.59. The Balaban J connectivity index is 2.29. The predicted octanol–water partition coefficient (Wildman–Crippen LogP) is 2.29. The minimum atomic E-state index is -0.538. The summed E-state index contributed by atoms with van der Waals surface area (Å²) in [5, 5.41) is 10.6. The molecule has 2 aromatic heterocycles. The van der Waals surface area contributed by atoms with Gasteiger partial charge < -0.3 is 13.6 Å². The van der Waals surface area contributed by atoms with Crippen molar-refractivity contribution in [3.05, 3.63) is 52.2 Å². The van der Waals surface area contributed by atoms with E-state index in [0.29, 0.717) is 17.5 Å². The first-order valence-corrected chi connectivity index (χ1v) is 4.99. The summed E-state index contributed by atoms with van der Waals surface area (Å²) in [5.41, 5.74) is 0. The van der Waals surface area contributed by atoms with Crippen LogP contribution >= 0.6 is 0 Å². The summed E-state index contributed by atoms with van der Waals surface area (Å²) in [6.45, 7) is -0.288. The molecule has 90 valence electrons. The SMILES string of the molecule is COc1ccc([C@H](C[N+](=O)[O-])c2ccco2)o1. The van der Waals surface area contributed by atoms with Crippen molar-refractivity contribution >= 4 is 0 Å². The lowest BCUT2D eigenvalue weighted by Gasteiger charge is -2.06. The molecule has 0 saturated carbocycles. The average molecular weight is 237 g/mol. The van der Waals surface area contributed by atoms with Crippen LogP contribution in [0.2, 0.25) is 0 Å². The van der Waals surface area contributed by atoms with Crippen molar-refractivity contribution in [2.75, 3.05) is 13.7 Å². The van der Waals surface area contributed by atoms with Crippen LogP contribution in [0.1, 0.15) is 17.4 Å². The lowest BCUT2D eigenvalue weighted by molar-refractivity contribution is -0.482. The van der Waals surface area contributed by atoms with Gasteiger partial charge >= 0.3 is 0 Å². The third-order valence-corrected chi connectivity index (χ3v) is 2.37. The Hall–Kier alpha value is -2.24. The highest BCUT2D eigenvalue weighted by molar-refractivity contribution is 5.22. The van der Waals surface area contributed by atoms with Gasteiger partial charge in [-0.25, -0.2) is 0 Å². The second-order valence-electron chi connectivity index (χ2n) is 3.44. The molecule has 0 radical (unpaired) electrons. The first-order valence-electron chi connectivity index (χ1n) is 4.99. The molecule has 0 aliphatic heterocycles. The van der Waals surface area contributed by atoms with Crippen LogP contribution in [0.4, 0.5) is 0 Å². The molecule has 0 fully saturated rings. The number of nitro groups is 1. The van der Waals surface area contributed by atoms with Crippen LogP contribution in [0.3, 0.4) is 0 Å². The van der Waals surface area contributed by atoms with Crippen LogP contribution in [-0.4, -0.2) is 18.6 Å². The van der Waals surface area contributed by atoms with E-state index in [1.807, 2.05) is 0 Å². The average Bonchev–Trinajstić information content (AvgIpc) is 2.97. The van der Waals surface area contributed by atoms with Gasteiger partial charge in [-0.3, -0.25) is 10.1 Å². The maximum Gasteiger partial charge on any atom is 0.284 e. The third kappa shape index (κ3) is 2.47. The van der Waals surface area contributed by atoms with E-state index in [1.54, 1.807) is 24.3 Å². The van der Waals surface area contributed by atoms with Crippen LogP contribution in [0.15, 0.2) is 39.4 Å². The van der Waals surface area contributed by atoms with Gasteiger partial charge in [0.05, 0.1) is 13.4 Å². The summed E-state index contributed by atoms with van der Waals surface area (Å²) in [6.07, 6.45) is 1.47. The molecular formula is C11H11NO5. The van der Waals surface area contributed by atoms with E-state index in [2.05, 4.69) is 0 Å². The highest BCUT2D eigenvalue weighted by Crippen LogP contribution is 2.29. The van der Waals surface area contributed by atoms with Crippen molar-refractivity contribution < 1.29 is 18.5 Å². The van der Waals surface area contributed by atoms with Crippen molar-refractivity contribution in [2.45, 2.75) is 5.92 Å². The molecule has 1 atom stereocenters. The van der Waals surface area contributed by atoms with Gasteiger partial charge in [-0.2, -0.15) is 0 Å². The lowest BCUT2D eigenvalue weighted by Crippen LogP contribution is -2.12. The number of hydrogen-bond donors (Lipinski definition) is 0. The van der Waals surface area contributed by atoms with E-state index >= 15 is 0 Å².